The van der Waals surface area contributed by atoms with E-state index in [-0.39, 0.29) is 0 Å². The van der Waals surface area contributed by atoms with Gasteiger partial charge in [0.25, 0.3) is 0 Å². The molecule has 0 spiro atoms. The highest BCUT2D eigenvalue weighted by atomic mass is 16.5. The van der Waals surface area contributed by atoms with Gasteiger partial charge in [0.1, 0.15) is 18.0 Å². The lowest BCUT2D eigenvalue weighted by atomic mass is 10.0. The molecule has 0 aliphatic carbocycles. The summed E-state index contributed by atoms with van der Waals surface area (Å²) in [6.07, 6.45) is 5.66. The zero-order valence-corrected chi connectivity index (χ0v) is 16.5. The molecular formula is C24H25N3O. The van der Waals surface area contributed by atoms with Crippen molar-refractivity contribution in [3.8, 4) is 16.9 Å². The van der Waals surface area contributed by atoms with Crippen molar-refractivity contribution < 1.29 is 4.74 Å². The molecule has 2 aromatic carbocycles. The monoisotopic (exact) mass is 371 g/mol. The molecule has 0 bridgehead atoms. The molecule has 4 heteroatoms. The number of benzene rings is 2. The van der Waals surface area contributed by atoms with Crippen molar-refractivity contribution in [1.82, 2.24) is 14.2 Å². The van der Waals surface area contributed by atoms with Crippen LogP contribution in [0.2, 0.25) is 0 Å². The Labute approximate surface area is 165 Å². The summed E-state index contributed by atoms with van der Waals surface area (Å²) in [4.78, 5) is 0. The third kappa shape index (κ3) is 2.99. The molecule has 142 valence electrons. The van der Waals surface area contributed by atoms with Gasteiger partial charge in [-0.25, -0.2) is 4.52 Å². The van der Waals surface area contributed by atoms with Crippen LogP contribution in [-0.2, 0) is 19.6 Å². The van der Waals surface area contributed by atoms with Crippen molar-refractivity contribution in [3.63, 3.8) is 0 Å². The molecule has 0 unspecified atom stereocenters. The maximum atomic E-state index is 6.12. The minimum atomic E-state index is 0.491. The molecule has 2 aromatic heterocycles. The van der Waals surface area contributed by atoms with Crippen LogP contribution < -0.4 is 4.74 Å². The Morgan fingerprint density at radius 1 is 1.00 bits per heavy atom. The van der Waals surface area contributed by atoms with Gasteiger partial charge in [-0.1, -0.05) is 36.4 Å². The summed E-state index contributed by atoms with van der Waals surface area (Å²) < 4.78 is 10.5. The molecule has 28 heavy (non-hydrogen) atoms. The Hall–Kier alpha value is -3.01. The zero-order valence-electron chi connectivity index (χ0n) is 16.5. The Kier molecular flexibility index (Phi) is 4.19. The first-order valence-corrected chi connectivity index (χ1v) is 10.1. The van der Waals surface area contributed by atoms with Crippen LogP contribution in [0.25, 0.3) is 16.8 Å². The maximum absolute atomic E-state index is 6.12. The van der Waals surface area contributed by atoms with Crippen molar-refractivity contribution in [2.24, 2.45) is 0 Å². The van der Waals surface area contributed by atoms with Gasteiger partial charge >= 0.3 is 0 Å². The molecule has 0 atom stereocenters. The largest absolute Gasteiger partial charge is 0.486 e. The summed E-state index contributed by atoms with van der Waals surface area (Å²) in [5.41, 5.74) is 7.66. The van der Waals surface area contributed by atoms with Gasteiger partial charge in [-0.15, -0.1) is 5.10 Å². The first-order chi connectivity index (χ1) is 13.7. The predicted molar refractivity (Wildman–Crippen MR) is 112 cm³/mol. The van der Waals surface area contributed by atoms with E-state index in [2.05, 4.69) is 77.7 Å². The number of rotatable bonds is 4. The number of ether oxygens (including phenoxy) is 1. The molecule has 0 saturated carbocycles. The molecule has 1 aliphatic rings. The molecule has 5 rings (SSSR count). The van der Waals surface area contributed by atoms with Gasteiger partial charge in [0.2, 0.25) is 0 Å². The van der Waals surface area contributed by atoms with Crippen molar-refractivity contribution in [2.45, 2.75) is 46.3 Å². The molecule has 0 amide bonds. The first-order valence-electron chi connectivity index (χ1n) is 10.1. The Morgan fingerprint density at radius 3 is 2.57 bits per heavy atom. The lowest BCUT2D eigenvalue weighted by molar-refractivity contribution is 0.288. The van der Waals surface area contributed by atoms with E-state index in [0.29, 0.717) is 6.61 Å². The minimum absolute atomic E-state index is 0.491. The predicted octanol–water partition coefficient (Wildman–Crippen LogP) is 5.33. The highest BCUT2D eigenvalue weighted by molar-refractivity contribution is 5.75. The summed E-state index contributed by atoms with van der Waals surface area (Å²) >= 11 is 0. The summed E-state index contributed by atoms with van der Waals surface area (Å²) in [5.74, 6) is 1.91. The van der Waals surface area contributed by atoms with E-state index in [1.807, 2.05) is 0 Å². The number of nitrogens with zero attached hydrogens (tertiary/aromatic N) is 3. The van der Waals surface area contributed by atoms with Crippen LogP contribution in [0, 0.1) is 13.8 Å². The molecule has 4 aromatic rings. The van der Waals surface area contributed by atoms with Crippen LogP contribution in [0.1, 0.15) is 35.4 Å². The fourth-order valence-electron chi connectivity index (χ4n) is 4.37. The van der Waals surface area contributed by atoms with E-state index < -0.39 is 0 Å². The van der Waals surface area contributed by atoms with E-state index in [4.69, 9.17) is 9.84 Å². The standard InChI is InChI=1S/C24H25N3O/c1-17-12-18(2)14-20(13-17)28-16-23-25-27-15-22(19-8-4-3-5-9-19)21-10-6-7-11-26(23)24(21)27/h3-5,8-9,12-15H,6-7,10-11,16H2,1-2H3. The van der Waals surface area contributed by atoms with E-state index in [1.54, 1.807) is 0 Å². The van der Waals surface area contributed by atoms with Crippen LogP contribution in [-0.4, -0.2) is 14.2 Å². The average molecular weight is 371 g/mol. The van der Waals surface area contributed by atoms with Crippen LogP contribution in [0.15, 0.2) is 54.7 Å². The number of aromatic nitrogens is 3. The van der Waals surface area contributed by atoms with Crippen molar-refractivity contribution >= 4 is 5.65 Å². The lowest BCUT2D eigenvalue weighted by Crippen LogP contribution is -2.07. The Bertz CT molecular complexity index is 1120. The van der Waals surface area contributed by atoms with E-state index in [0.717, 1.165) is 24.5 Å². The third-order valence-electron chi connectivity index (χ3n) is 5.56. The SMILES string of the molecule is Cc1cc(C)cc(OCc2nn3cc(-c4ccccc4)c4c3n2CCCC4)c1. The quantitative estimate of drug-likeness (QED) is 0.485. The van der Waals surface area contributed by atoms with Gasteiger partial charge in [-0.05, 0) is 61.9 Å². The zero-order chi connectivity index (χ0) is 19.1. The fraction of sp³-hybridized carbons (Fsp3) is 0.292. The number of hydrogen-bond donors (Lipinski definition) is 0. The number of aryl methyl sites for hydroxylation is 4. The van der Waals surface area contributed by atoms with Crippen LogP contribution in [0.3, 0.4) is 0 Å². The smallest absolute Gasteiger partial charge is 0.169 e. The summed E-state index contributed by atoms with van der Waals surface area (Å²) in [5, 5.41) is 4.89. The van der Waals surface area contributed by atoms with Gasteiger partial charge < -0.3 is 9.30 Å². The molecule has 0 fully saturated rings. The molecule has 1 aliphatic heterocycles. The summed E-state index contributed by atoms with van der Waals surface area (Å²) in [6.45, 7) is 5.70. The lowest BCUT2D eigenvalue weighted by Gasteiger charge is -2.10. The van der Waals surface area contributed by atoms with E-state index in [9.17, 15) is 0 Å². The second-order valence-corrected chi connectivity index (χ2v) is 7.79. The molecular weight excluding hydrogens is 346 g/mol. The minimum Gasteiger partial charge on any atom is -0.486 e. The molecule has 3 heterocycles. The maximum Gasteiger partial charge on any atom is 0.169 e. The highest BCUT2D eigenvalue weighted by Crippen LogP contribution is 2.33. The summed E-state index contributed by atoms with van der Waals surface area (Å²) in [7, 11) is 0. The Balaban J connectivity index is 1.52. The third-order valence-corrected chi connectivity index (χ3v) is 5.56. The molecule has 4 nitrogen and oxygen atoms in total. The van der Waals surface area contributed by atoms with E-state index >= 15 is 0 Å². The van der Waals surface area contributed by atoms with Gasteiger partial charge in [-0.3, -0.25) is 0 Å². The van der Waals surface area contributed by atoms with E-state index in [1.165, 1.54) is 46.3 Å². The molecule has 0 N–H and O–H groups in total. The number of hydrogen-bond acceptors (Lipinski definition) is 2. The average Bonchev–Trinajstić information content (AvgIpc) is 3.10. The van der Waals surface area contributed by atoms with Crippen molar-refractivity contribution in [3.05, 3.63) is 77.2 Å². The Morgan fingerprint density at radius 2 is 1.79 bits per heavy atom. The topological polar surface area (TPSA) is 31.5 Å². The van der Waals surface area contributed by atoms with Crippen molar-refractivity contribution in [2.75, 3.05) is 0 Å². The van der Waals surface area contributed by atoms with Crippen LogP contribution in [0.4, 0.5) is 0 Å². The van der Waals surface area contributed by atoms with Gasteiger partial charge in [0.05, 0.1) is 0 Å². The van der Waals surface area contributed by atoms with Gasteiger partial charge in [0.15, 0.2) is 5.82 Å². The molecule has 0 saturated heterocycles. The fourth-order valence-corrected chi connectivity index (χ4v) is 4.37. The van der Waals surface area contributed by atoms with Crippen LogP contribution >= 0.6 is 0 Å². The normalized spacial score (nSPS) is 13.6. The highest BCUT2D eigenvalue weighted by Gasteiger charge is 2.22. The first kappa shape index (κ1) is 17.1. The second kappa shape index (κ2) is 6.86. The van der Waals surface area contributed by atoms with Gasteiger partial charge in [-0.2, -0.15) is 0 Å². The second-order valence-electron chi connectivity index (χ2n) is 7.79. The van der Waals surface area contributed by atoms with Crippen LogP contribution in [0.5, 0.6) is 5.75 Å². The molecule has 0 radical (unpaired) electrons. The van der Waals surface area contributed by atoms with Gasteiger partial charge in [0, 0.05) is 23.9 Å². The summed E-state index contributed by atoms with van der Waals surface area (Å²) in [6, 6.07) is 17.0. The van der Waals surface area contributed by atoms with Crippen molar-refractivity contribution in [1.29, 1.82) is 0 Å².